The number of fused-ring (bicyclic) bond motifs is 3. The fourth-order valence-corrected chi connectivity index (χ4v) is 6.66. The third-order valence-electron chi connectivity index (χ3n) is 9.43. The molecular weight excluding hydrogens is 530 g/mol. The molecule has 0 bridgehead atoms. The summed E-state index contributed by atoms with van der Waals surface area (Å²) in [5, 5.41) is 15.9. The summed E-state index contributed by atoms with van der Waals surface area (Å²) in [6, 6.07) is 26.4. The van der Waals surface area contributed by atoms with Crippen LogP contribution in [0.5, 0.6) is 0 Å². The van der Waals surface area contributed by atoms with Crippen LogP contribution in [0.3, 0.4) is 0 Å². The van der Waals surface area contributed by atoms with Crippen molar-refractivity contribution in [3.05, 3.63) is 95.6 Å². The van der Waals surface area contributed by atoms with Crippen LogP contribution in [-0.2, 0) is 20.9 Å². The molecule has 8 heteroatoms. The third kappa shape index (κ3) is 5.39. The zero-order valence-electron chi connectivity index (χ0n) is 23.7. The molecule has 2 fully saturated rings. The molecule has 1 saturated heterocycles. The van der Waals surface area contributed by atoms with E-state index in [-0.39, 0.29) is 25.0 Å². The number of hydrogen-bond donors (Lipinski definition) is 3. The van der Waals surface area contributed by atoms with Gasteiger partial charge >= 0.3 is 12.1 Å². The first-order valence-electron chi connectivity index (χ1n) is 14.8. The Hall–Kier alpha value is -4.17. The minimum absolute atomic E-state index is 0.0488. The molecule has 1 heterocycles. The average molecular weight is 568 g/mol. The number of carbonyl (C=O) groups is 3. The van der Waals surface area contributed by atoms with Crippen LogP contribution in [0.1, 0.15) is 54.7 Å². The van der Waals surface area contributed by atoms with Gasteiger partial charge in [0.2, 0.25) is 5.91 Å². The van der Waals surface area contributed by atoms with Crippen molar-refractivity contribution in [2.45, 2.75) is 50.1 Å². The summed E-state index contributed by atoms with van der Waals surface area (Å²) in [5.41, 5.74) is 3.63. The highest BCUT2D eigenvalue weighted by atomic mass is 16.5. The van der Waals surface area contributed by atoms with E-state index in [1.165, 1.54) is 5.56 Å². The van der Waals surface area contributed by atoms with Crippen molar-refractivity contribution in [2.75, 3.05) is 26.2 Å². The van der Waals surface area contributed by atoms with Gasteiger partial charge in [0.15, 0.2) is 0 Å². The summed E-state index contributed by atoms with van der Waals surface area (Å²) in [5.74, 6) is -1.35. The standard InChI is InChI=1S/C34H37N3O5/c38-30(36-34(31(39)40)17-19-37(20-18-34)21-24-9-2-1-3-10-24)33(15-8-16-33)23-35-32(41)42-22-29-27-13-6-4-11-25(27)26-12-5-7-14-28(26)29/h1-7,9-14,29H,8,15-23H2,(H,35,41)(H,36,38)(H,39,40). The fraction of sp³-hybridized carbons (Fsp3) is 0.382. The summed E-state index contributed by atoms with van der Waals surface area (Å²) in [6.07, 6.45) is 2.13. The van der Waals surface area contributed by atoms with Gasteiger partial charge in [0, 0.05) is 32.1 Å². The second-order valence-corrected chi connectivity index (χ2v) is 11.9. The van der Waals surface area contributed by atoms with Crippen LogP contribution in [0, 0.1) is 5.41 Å². The van der Waals surface area contributed by atoms with Crippen LogP contribution >= 0.6 is 0 Å². The summed E-state index contributed by atoms with van der Waals surface area (Å²) in [7, 11) is 0. The lowest BCUT2D eigenvalue weighted by atomic mass is 9.67. The molecule has 8 nitrogen and oxygen atoms in total. The van der Waals surface area contributed by atoms with E-state index >= 15 is 0 Å². The highest BCUT2D eigenvalue weighted by molar-refractivity contribution is 5.91. The predicted octanol–water partition coefficient (Wildman–Crippen LogP) is 4.93. The number of benzene rings is 3. The molecule has 218 valence electrons. The van der Waals surface area contributed by atoms with Crippen molar-refractivity contribution in [1.82, 2.24) is 15.5 Å². The Morgan fingerprint density at radius 1 is 0.833 bits per heavy atom. The van der Waals surface area contributed by atoms with Gasteiger partial charge in [0.05, 0.1) is 5.41 Å². The van der Waals surface area contributed by atoms with Gasteiger partial charge in [-0.15, -0.1) is 0 Å². The monoisotopic (exact) mass is 567 g/mol. The molecule has 3 aromatic carbocycles. The van der Waals surface area contributed by atoms with Gasteiger partial charge in [0.25, 0.3) is 0 Å². The van der Waals surface area contributed by atoms with Gasteiger partial charge in [-0.1, -0.05) is 85.3 Å². The first kappa shape index (κ1) is 28.0. The number of rotatable bonds is 9. The zero-order valence-corrected chi connectivity index (χ0v) is 23.7. The van der Waals surface area contributed by atoms with Gasteiger partial charge in [-0.3, -0.25) is 9.69 Å². The number of alkyl carbamates (subject to hydrolysis) is 1. The smallest absolute Gasteiger partial charge is 0.407 e. The maximum Gasteiger partial charge on any atom is 0.407 e. The minimum atomic E-state index is -1.31. The highest BCUT2D eigenvalue weighted by Crippen LogP contribution is 2.45. The number of nitrogens with one attached hydrogen (secondary N) is 2. The Balaban J connectivity index is 1.04. The van der Waals surface area contributed by atoms with Gasteiger partial charge in [0.1, 0.15) is 12.1 Å². The molecule has 42 heavy (non-hydrogen) atoms. The molecule has 0 unspecified atom stereocenters. The van der Waals surface area contributed by atoms with Crippen LogP contribution in [0.2, 0.25) is 0 Å². The zero-order chi connectivity index (χ0) is 29.2. The Bertz CT molecular complexity index is 1420. The number of nitrogens with zero attached hydrogens (tertiary/aromatic N) is 1. The van der Waals surface area contributed by atoms with Gasteiger partial charge in [-0.05, 0) is 53.5 Å². The van der Waals surface area contributed by atoms with Crippen molar-refractivity contribution in [3.8, 4) is 11.1 Å². The molecule has 6 rings (SSSR count). The summed E-state index contributed by atoms with van der Waals surface area (Å²) < 4.78 is 5.67. The number of carbonyl (C=O) groups excluding carboxylic acids is 2. The SMILES string of the molecule is O=C(NCC1(C(=O)NC2(C(=O)O)CCN(Cc3ccccc3)CC2)CCC1)OCC1c2ccccc2-c2ccccc21. The second kappa shape index (κ2) is 11.6. The van der Waals surface area contributed by atoms with E-state index in [9.17, 15) is 19.5 Å². The number of likely N-dealkylation sites (tertiary alicyclic amines) is 1. The minimum Gasteiger partial charge on any atom is -0.480 e. The molecule has 2 amide bonds. The Kier molecular flexibility index (Phi) is 7.73. The topological polar surface area (TPSA) is 108 Å². The largest absolute Gasteiger partial charge is 0.480 e. The Morgan fingerprint density at radius 2 is 1.43 bits per heavy atom. The van der Waals surface area contributed by atoms with Gasteiger partial charge < -0.3 is 20.5 Å². The van der Waals surface area contributed by atoms with E-state index in [2.05, 4.69) is 51.9 Å². The molecule has 1 saturated carbocycles. The number of ether oxygens (including phenoxy) is 1. The molecule has 3 aliphatic rings. The predicted molar refractivity (Wildman–Crippen MR) is 159 cm³/mol. The lowest BCUT2D eigenvalue weighted by Gasteiger charge is -2.45. The average Bonchev–Trinajstić information content (AvgIpc) is 3.30. The van der Waals surface area contributed by atoms with Crippen LogP contribution in [-0.4, -0.2) is 59.8 Å². The third-order valence-corrected chi connectivity index (χ3v) is 9.43. The molecule has 0 atom stereocenters. The number of carboxylic acid groups (broad SMARTS) is 1. The number of amides is 2. The quantitative estimate of drug-likeness (QED) is 0.339. The Labute approximate surface area is 246 Å². The van der Waals surface area contributed by atoms with E-state index < -0.39 is 23.0 Å². The number of aliphatic carboxylic acids is 1. The van der Waals surface area contributed by atoms with Crippen molar-refractivity contribution in [3.63, 3.8) is 0 Å². The molecule has 2 aliphatic carbocycles. The van der Waals surface area contributed by atoms with Crippen molar-refractivity contribution in [1.29, 1.82) is 0 Å². The van der Waals surface area contributed by atoms with E-state index in [1.807, 2.05) is 42.5 Å². The maximum atomic E-state index is 13.6. The van der Waals surface area contributed by atoms with Gasteiger partial charge in [-0.25, -0.2) is 9.59 Å². The fourth-order valence-electron chi connectivity index (χ4n) is 6.66. The van der Waals surface area contributed by atoms with Crippen LogP contribution in [0.15, 0.2) is 78.9 Å². The lowest BCUT2D eigenvalue weighted by molar-refractivity contribution is -0.153. The van der Waals surface area contributed by atoms with E-state index in [0.29, 0.717) is 38.8 Å². The number of carboxylic acids is 1. The van der Waals surface area contributed by atoms with Crippen molar-refractivity contribution in [2.24, 2.45) is 5.41 Å². The molecule has 3 N–H and O–H groups in total. The van der Waals surface area contributed by atoms with E-state index in [1.54, 1.807) is 0 Å². The van der Waals surface area contributed by atoms with E-state index in [4.69, 9.17) is 4.74 Å². The number of piperidine rings is 1. The first-order valence-corrected chi connectivity index (χ1v) is 14.8. The van der Waals surface area contributed by atoms with E-state index in [0.717, 1.165) is 35.2 Å². The second-order valence-electron chi connectivity index (χ2n) is 11.9. The summed E-state index contributed by atoms with van der Waals surface area (Å²) in [4.78, 5) is 41.0. The van der Waals surface area contributed by atoms with Crippen LogP contribution < -0.4 is 10.6 Å². The molecular formula is C34H37N3O5. The van der Waals surface area contributed by atoms with Crippen LogP contribution in [0.25, 0.3) is 11.1 Å². The summed E-state index contributed by atoms with van der Waals surface area (Å²) in [6.45, 7) is 2.21. The first-order chi connectivity index (χ1) is 20.4. The molecule has 0 radical (unpaired) electrons. The molecule has 0 spiro atoms. The lowest BCUT2D eigenvalue weighted by Crippen LogP contribution is -2.64. The van der Waals surface area contributed by atoms with Crippen LogP contribution in [0.4, 0.5) is 4.79 Å². The normalized spacial score (nSPS) is 18.7. The maximum absolute atomic E-state index is 13.6. The molecule has 0 aromatic heterocycles. The van der Waals surface area contributed by atoms with Gasteiger partial charge in [-0.2, -0.15) is 0 Å². The van der Waals surface area contributed by atoms with Crippen molar-refractivity contribution < 1.29 is 24.2 Å². The number of hydrogen-bond acceptors (Lipinski definition) is 5. The Morgan fingerprint density at radius 3 is 2.00 bits per heavy atom. The highest BCUT2D eigenvalue weighted by Gasteiger charge is 2.50. The molecule has 3 aromatic rings. The van der Waals surface area contributed by atoms with Crippen molar-refractivity contribution >= 4 is 18.0 Å². The summed E-state index contributed by atoms with van der Waals surface area (Å²) >= 11 is 0. The molecule has 1 aliphatic heterocycles.